The number of carboxylic acids is 1. The molecule has 1 heterocycles. The molecule has 0 aliphatic rings. The van der Waals surface area contributed by atoms with Gasteiger partial charge in [0.05, 0.1) is 5.69 Å². The highest BCUT2D eigenvalue weighted by molar-refractivity contribution is 7.11. The van der Waals surface area contributed by atoms with Crippen LogP contribution in [0.2, 0.25) is 0 Å². The molecule has 1 N–H and O–H groups in total. The number of aryl methyl sites for hydroxylation is 1. The molecular weight excluding hydrogens is 245 g/mol. The molecule has 17 heavy (non-hydrogen) atoms. The minimum atomic E-state index is -1.24. The largest absolute Gasteiger partial charge is 0.478 e. The van der Waals surface area contributed by atoms with Gasteiger partial charge in [-0.05, 0) is 25.1 Å². The van der Waals surface area contributed by atoms with Crippen LogP contribution in [-0.4, -0.2) is 16.1 Å². The van der Waals surface area contributed by atoms with Crippen LogP contribution in [0.15, 0.2) is 23.6 Å². The Hall–Kier alpha value is -1.95. The summed E-state index contributed by atoms with van der Waals surface area (Å²) in [6.07, 6.45) is 0. The van der Waals surface area contributed by atoms with Crippen molar-refractivity contribution in [2.75, 3.05) is 0 Å². The Kier molecular flexibility index (Phi) is 3.06. The summed E-state index contributed by atoms with van der Waals surface area (Å²) in [5, 5.41) is 11.0. The Balaban J connectivity index is 2.35. The van der Waals surface area contributed by atoms with Gasteiger partial charge in [0.1, 0.15) is 17.1 Å². The second kappa shape index (κ2) is 4.50. The lowest BCUT2D eigenvalue weighted by atomic mass is 10.2. The molecule has 0 saturated heterocycles. The van der Waals surface area contributed by atoms with Gasteiger partial charge in [0.25, 0.3) is 5.19 Å². The minimum Gasteiger partial charge on any atom is -0.478 e. The van der Waals surface area contributed by atoms with Crippen molar-refractivity contribution in [3.8, 4) is 10.9 Å². The van der Waals surface area contributed by atoms with Crippen molar-refractivity contribution in [1.82, 2.24) is 4.98 Å². The van der Waals surface area contributed by atoms with Crippen molar-refractivity contribution >= 4 is 17.3 Å². The van der Waals surface area contributed by atoms with Gasteiger partial charge in [-0.15, -0.1) is 0 Å². The van der Waals surface area contributed by atoms with Crippen LogP contribution in [0.3, 0.4) is 0 Å². The van der Waals surface area contributed by atoms with E-state index in [0.29, 0.717) is 5.19 Å². The summed E-state index contributed by atoms with van der Waals surface area (Å²) in [6, 6.07) is 3.33. The summed E-state index contributed by atoms with van der Waals surface area (Å²) in [4.78, 5) is 14.9. The van der Waals surface area contributed by atoms with Gasteiger partial charge in [-0.25, -0.2) is 14.2 Å². The molecule has 0 unspecified atom stereocenters. The zero-order chi connectivity index (χ0) is 12.4. The monoisotopic (exact) mass is 253 g/mol. The van der Waals surface area contributed by atoms with E-state index < -0.39 is 11.8 Å². The lowest BCUT2D eigenvalue weighted by Gasteiger charge is -2.05. The Morgan fingerprint density at radius 3 is 2.88 bits per heavy atom. The number of hydrogen-bond donors (Lipinski definition) is 1. The van der Waals surface area contributed by atoms with Crippen LogP contribution >= 0.6 is 11.3 Å². The zero-order valence-corrected chi connectivity index (χ0v) is 9.62. The van der Waals surface area contributed by atoms with Gasteiger partial charge in [0.15, 0.2) is 0 Å². The summed E-state index contributed by atoms with van der Waals surface area (Å²) < 4.78 is 18.2. The summed E-state index contributed by atoms with van der Waals surface area (Å²) in [5.41, 5.74) is 0.557. The molecule has 0 bridgehead atoms. The van der Waals surface area contributed by atoms with Crippen LogP contribution in [0.5, 0.6) is 10.9 Å². The van der Waals surface area contributed by atoms with Gasteiger partial charge >= 0.3 is 5.97 Å². The molecule has 2 aromatic rings. The summed E-state index contributed by atoms with van der Waals surface area (Å²) in [6.45, 7) is 1.80. The number of ether oxygens (including phenoxy) is 1. The van der Waals surface area contributed by atoms with Crippen LogP contribution in [0.1, 0.15) is 16.1 Å². The molecule has 0 radical (unpaired) electrons. The van der Waals surface area contributed by atoms with E-state index in [9.17, 15) is 9.18 Å². The maximum Gasteiger partial charge on any atom is 0.339 e. The van der Waals surface area contributed by atoms with E-state index >= 15 is 0 Å². The van der Waals surface area contributed by atoms with Gasteiger partial charge in [-0.1, -0.05) is 11.3 Å². The summed E-state index contributed by atoms with van der Waals surface area (Å²) in [5.74, 6) is -1.79. The average molecular weight is 253 g/mol. The molecule has 0 amide bonds. The molecule has 1 aromatic carbocycles. The van der Waals surface area contributed by atoms with Gasteiger partial charge < -0.3 is 9.84 Å². The number of aromatic carboxylic acids is 1. The van der Waals surface area contributed by atoms with E-state index in [1.54, 1.807) is 12.3 Å². The molecule has 1 aromatic heterocycles. The molecule has 0 aliphatic carbocycles. The minimum absolute atomic E-state index is 0.0771. The third-order valence-corrected chi connectivity index (χ3v) is 2.80. The van der Waals surface area contributed by atoms with E-state index in [1.807, 2.05) is 0 Å². The fraction of sp³-hybridized carbons (Fsp3) is 0.0909. The van der Waals surface area contributed by atoms with E-state index in [4.69, 9.17) is 9.84 Å². The number of benzene rings is 1. The molecule has 0 atom stereocenters. The smallest absolute Gasteiger partial charge is 0.339 e. The van der Waals surface area contributed by atoms with Crippen LogP contribution in [-0.2, 0) is 0 Å². The molecule has 0 spiro atoms. The Morgan fingerprint density at radius 1 is 1.53 bits per heavy atom. The van der Waals surface area contributed by atoms with Crippen molar-refractivity contribution in [1.29, 1.82) is 0 Å². The maximum absolute atomic E-state index is 12.9. The van der Waals surface area contributed by atoms with Gasteiger partial charge in [0.2, 0.25) is 0 Å². The highest BCUT2D eigenvalue weighted by Gasteiger charge is 2.14. The Morgan fingerprint density at radius 2 is 2.29 bits per heavy atom. The van der Waals surface area contributed by atoms with Crippen molar-refractivity contribution in [3.63, 3.8) is 0 Å². The van der Waals surface area contributed by atoms with Crippen molar-refractivity contribution in [2.45, 2.75) is 6.92 Å². The van der Waals surface area contributed by atoms with E-state index in [1.165, 1.54) is 17.4 Å². The van der Waals surface area contributed by atoms with Gasteiger partial charge in [-0.2, -0.15) is 0 Å². The first-order valence-electron chi connectivity index (χ1n) is 4.69. The van der Waals surface area contributed by atoms with Gasteiger partial charge in [-0.3, -0.25) is 0 Å². The number of rotatable bonds is 3. The lowest BCUT2D eigenvalue weighted by molar-refractivity contribution is 0.0693. The molecule has 88 valence electrons. The quantitative estimate of drug-likeness (QED) is 0.913. The number of carbonyl (C=O) groups is 1. The molecule has 4 nitrogen and oxygen atoms in total. The van der Waals surface area contributed by atoms with Crippen molar-refractivity contribution < 1.29 is 19.0 Å². The normalized spacial score (nSPS) is 10.2. The molecular formula is C11H8FNO3S. The second-order valence-corrected chi connectivity index (χ2v) is 4.12. The third-order valence-electron chi connectivity index (χ3n) is 1.97. The van der Waals surface area contributed by atoms with Crippen molar-refractivity contribution in [3.05, 3.63) is 40.7 Å². The van der Waals surface area contributed by atoms with Crippen LogP contribution < -0.4 is 4.74 Å². The Bertz CT molecular complexity index is 568. The van der Waals surface area contributed by atoms with Crippen LogP contribution in [0.25, 0.3) is 0 Å². The van der Waals surface area contributed by atoms with Crippen molar-refractivity contribution in [2.24, 2.45) is 0 Å². The zero-order valence-electron chi connectivity index (χ0n) is 8.81. The summed E-state index contributed by atoms with van der Waals surface area (Å²) >= 11 is 1.25. The molecule has 6 heteroatoms. The number of aromatic nitrogens is 1. The topological polar surface area (TPSA) is 59.4 Å². The summed E-state index contributed by atoms with van der Waals surface area (Å²) in [7, 11) is 0. The van der Waals surface area contributed by atoms with E-state index in [-0.39, 0.29) is 11.3 Å². The highest BCUT2D eigenvalue weighted by atomic mass is 32.1. The van der Waals surface area contributed by atoms with Crippen LogP contribution in [0.4, 0.5) is 4.39 Å². The fourth-order valence-electron chi connectivity index (χ4n) is 1.23. The molecule has 0 fully saturated rings. The number of hydrogen-bond acceptors (Lipinski definition) is 4. The first-order valence-corrected chi connectivity index (χ1v) is 5.57. The average Bonchev–Trinajstić information content (AvgIpc) is 2.66. The second-order valence-electron chi connectivity index (χ2n) is 3.30. The SMILES string of the molecule is Cc1csc(Oc2ccc(F)cc2C(=O)O)n1. The van der Waals surface area contributed by atoms with E-state index in [2.05, 4.69) is 4.98 Å². The number of nitrogens with zero attached hydrogens (tertiary/aromatic N) is 1. The first kappa shape index (κ1) is 11.5. The fourth-order valence-corrected chi connectivity index (χ4v) is 1.89. The number of carboxylic acid groups (broad SMARTS) is 1. The predicted molar refractivity (Wildman–Crippen MR) is 60.3 cm³/mol. The molecule has 0 aliphatic heterocycles. The molecule has 0 saturated carbocycles. The first-order chi connectivity index (χ1) is 8.06. The van der Waals surface area contributed by atoms with Crippen LogP contribution in [0, 0.1) is 12.7 Å². The third kappa shape index (κ3) is 2.59. The standard InChI is InChI=1S/C11H8FNO3S/c1-6-5-17-11(13-6)16-9-3-2-7(12)4-8(9)10(14)15/h2-5H,1H3,(H,14,15). The maximum atomic E-state index is 12.9. The number of thiazole rings is 1. The van der Waals surface area contributed by atoms with Gasteiger partial charge in [0, 0.05) is 5.38 Å². The molecule has 2 rings (SSSR count). The Labute approximate surface area is 100 Å². The van der Waals surface area contributed by atoms with E-state index in [0.717, 1.165) is 17.8 Å². The number of halogens is 1. The predicted octanol–water partition coefficient (Wildman–Crippen LogP) is 3.08. The highest BCUT2D eigenvalue weighted by Crippen LogP contribution is 2.28. The lowest BCUT2D eigenvalue weighted by Crippen LogP contribution is -2.00.